The maximum absolute atomic E-state index is 12.5. The van der Waals surface area contributed by atoms with E-state index in [0.29, 0.717) is 5.56 Å². The van der Waals surface area contributed by atoms with Crippen LogP contribution >= 0.6 is 0 Å². The first-order valence-corrected chi connectivity index (χ1v) is 7.48. The molecular formula is C19H22O3. The quantitative estimate of drug-likeness (QED) is 0.813. The predicted molar refractivity (Wildman–Crippen MR) is 87.6 cm³/mol. The van der Waals surface area contributed by atoms with Gasteiger partial charge < -0.3 is 10.2 Å². The molecule has 2 aromatic carbocycles. The maximum atomic E-state index is 12.5. The van der Waals surface area contributed by atoms with Crippen LogP contribution < -0.4 is 0 Å². The molecule has 3 heteroatoms. The number of Topliss-reactive ketones (excluding diaryl/α,β-unsaturated/α-hetero) is 1. The van der Waals surface area contributed by atoms with Crippen LogP contribution in [0.3, 0.4) is 0 Å². The minimum atomic E-state index is -0.264. The summed E-state index contributed by atoms with van der Waals surface area (Å²) in [5.41, 5.74) is 1.58. The van der Waals surface area contributed by atoms with Gasteiger partial charge in [0.25, 0.3) is 0 Å². The Hall–Kier alpha value is -2.29. The van der Waals surface area contributed by atoms with Crippen molar-refractivity contribution < 1.29 is 15.0 Å². The predicted octanol–water partition coefficient (Wildman–Crippen LogP) is 4.21. The number of hydrogen-bond donors (Lipinski definition) is 2. The SMILES string of the molecule is CCC(C)(C)c1cc(C(=O)Cc2ccccc2)c(O)cc1O. The van der Waals surface area contributed by atoms with Crippen LogP contribution in [-0.2, 0) is 11.8 Å². The van der Waals surface area contributed by atoms with E-state index in [2.05, 4.69) is 0 Å². The minimum Gasteiger partial charge on any atom is -0.508 e. The summed E-state index contributed by atoms with van der Waals surface area (Å²) in [5.74, 6) is -0.299. The first-order chi connectivity index (χ1) is 10.3. The Morgan fingerprint density at radius 1 is 1.05 bits per heavy atom. The highest BCUT2D eigenvalue weighted by molar-refractivity contribution is 6.00. The van der Waals surface area contributed by atoms with Gasteiger partial charge in [-0.05, 0) is 23.5 Å². The largest absolute Gasteiger partial charge is 0.508 e. The molecule has 0 atom stereocenters. The lowest BCUT2D eigenvalue weighted by Crippen LogP contribution is -2.17. The average Bonchev–Trinajstić information content (AvgIpc) is 2.47. The molecule has 0 saturated heterocycles. The second-order valence-electron chi connectivity index (χ2n) is 6.21. The Labute approximate surface area is 131 Å². The molecule has 116 valence electrons. The Bertz CT molecular complexity index is 673. The van der Waals surface area contributed by atoms with E-state index in [4.69, 9.17) is 0 Å². The van der Waals surface area contributed by atoms with Crippen LogP contribution in [0.2, 0.25) is 0 Å². The van der Waals surface area contributed by atoms with Gasteiger partial charge in [-0.15, -0.1) is 0 Å². The number of phenolic OH excluding ortho intramolecular Hbond substituents is 2. The van der Waals surface area contributed by atoms with Gasteiger partial charge in [-0.1, -0.05) is 51.1 Å². The lowest BCUT2D eigenvalue weighted by atomic mass is 9.80. The fraction of sp³-hybridized carbons (Fsp3) is 0.316. The van der Waals surface area contributed by atoms with E-state index in [1.165, 1.54) is 6.07 Å². The van der Waals surface area contributed by atoms with Gasteiger partial charge in [0, 0.05) is 18.1 Å². The molecular weight excluding hydrogens is 276 g/mol. The molecule has 0 aromatic heterocycles. The average molecular weight is 298 g/mol. The van der Waals surface area contributed by atoms with Crippen LogP contribution in [-0.4, -0.2) is 16.0 Å². The van der Waals surface area contributed by atoms with Crippen molar-refractivity contribution in [3.05, 3.63) is 59.2 Å². The van der Waals surface area contributed by atoms with Crippen molar-refractivity contribution in [3.8, 4) is 11.5 Å². The van der Waals surface area contributed by atoms with Gasteiger partial charge >= 0.3 is 0 Å². The third-order valence-electron chi connectivity index (χ3n) is 4.23. The number of carbonyl (C=O) groups excluding carboxylic acids is 1. The Morgan fingerprint density at radius 2 is 1.68 bits per heavy atom. The number of ketones is 1. The van der Waals surface area contributed by atoms with Gasteiger partial charge in [0.2, 0.25) is 0 Å². The Balaban J connectivity index is 2.38. The van der Waals surface area contributed by atoms with E-state index in [-0.39, 0.29) is 34.7 Å². The van der Waals surface area contributed by atoms with Crippen LogP contribution in [0.15, 0.2) is 42.5 Å². The number of aromatic hydroxyl groups is 2. The van der Waals surface area contributed by atoms with E-state index in [1.54, 1.807) is 6.07 Å². The molecule has 0 aliphatic heterocycles. The molecule has 2 aromatic rings. The first kappa shape index (κ1) is 16.1. The number of benzene rings is 2. The lowest BCUT2D eigenvalue weighted by molar-refractivity contribution is 0.0990. The summed E-state index contributed by atoms with van der Waals surface area (Å²) < 4.78 is 0. The van der Waals surface area contributed by atoms with E-state index >= 15 is 0 Å². The highest BCUT2D eigenvalue weighted by Gasteiger charge is 2.25. The van der Waals surface area contributed by atoms with Crippen molar-refractivity contribution in [3.63, 3.8) is 0 Å². The van der Waals surface area contributed by atoms with Crippen molar-refractivity contribution in [2.45, 2.75) is 39.0 Å². The number of hydrogen-bond acceptors (Lipinski definition) is 3. The van der Waals surface area contributed by atoms with Gasteiger partial charge in [0.1, 0.15) is 11.5 Å². The standard InChI is InChI=1S/C19H22O3/c1-4-19(2,3)15-11-14(17(21)12-18(15)22)16(20)10-13-8-6-5-7-9-13/h5-9,11-12,21-22H,4,10H2,1-3H3. The zero-order valence-corrected chi connectivity index (χ0v) is 13.3. The monoisotopic (exact) mass is 298 g/mol. The van der Waals surface area contributed by atoms with E-state index in [0.717, 1.165) is 12.0 Å². The summed E-state index contributed by atoms with van der Waals surface area (Å²) in [6, 6.07) is 12.3. The van der Waals surface area contributed by atoms with Gasteiger partial charge in [-0.2, -0.15) is 0 Å². The van der Waals surface area contributed by atoms with Crippen molar-refractivity contribution in [1.29, 1.82) is 0 Å². The molecule has 2 rings (SSSR count). The molecule has 2 N–H and O–H groups in total. The van der Waals surface area contributed by atoms with Gasteiger partial charge in [0.05, 0.1) is 5.56 Å². The fourth-order valence-corrected chi connectivity index (χ4v) is 2.41. The summed E-state index contributed by atoms with van der Waals surface area (Å²) in [6.45, 7) is 6.03. The summed E-state index contributed by atoms with van der Waals surface area (Å²) >= 11 is 0. The van der Waals surface area contributed by atoms with Gasteiger partial charge in [-0.25, -0.2) is 0 Å². The second-order valence-corrected chi connectivity index (χ2v) is 6.21. The molecule has 22 heavy (non-hydrogen) atoms. The molecule has 0 spiro atoms. The molecule has 3 nitrogen and oxygen atoms in total. The van der Waals surface area contributed by atoms with Gasteiger partial charge in [0.15, 0.2) is 5.78 Å². The molecule has 0 fully saturated rings. The summed E-state index contributed by atoms with van der Waals surface area (Å²) in [5, 5.41) is 20.1. The van der Waals surface area contributed by atoms with Crippen LogP contribution in [0, 0.1) is 0 Å². The molecule has 0 radical (unpaired) electrons. The molecule has 0 bridgehead atoms. The normalized spacial score (nSPS) is 11.4. The summed E-state index contributed by atoms with van der Waals surface area (Å²) in [4.78, 5) is 12.5. The zero-order chi connectivity index (χ0) is 16.3. The van der Waals surface area contributed by atoms with E-state index < -0.39 is 0 Å². The van der Waals surface area contributed by atoms with Crippen molar-refractivity contribution in [2.75, 3.05) is 0 Å². The Kier molecular flexibility index (Phi) is 4.55. The molecule has 0 heterocycles. The van der Waals surface area contributed by atoms with Crippen LogP contribution in [0.4, 0.5) is 0 Å². The fourth-order valence-electron chi connectivity index (χ4n) is 2.41. The zero-order valence-electron chi connectivity index (χ0n) is 13.3. The summed E-state index contributed by atoms with van der Waals surface area (Å²) in [6.07, 6.45) is 1.04. The highest BCUT2D eigenvalue weighted by atomic mass is 16.3. The van der Waals surface area contributed by atoms with Crippen LogP contribution in [0.1, 0.15) is 48.7 Å². The smallest absolute Gasteiger partial charge is 0.170 e. The lowest BCUT2D eigenvalue weighted by Gasteiger charge is -2.25. The number of carbonyl (C=O) groups is 1. The third kappa shape index (κ3) is 3.30. The second kappa shape index (κ2) is 6.22. The topological polar surface area (TPSA) is 57.5 Å². The van der Waals surface area contributed by atoms with Crippen molar-refractivity contribution in [1.82, 2.24) is 0 Å². The molecule has 0 amide bonds. The highest BCUT2D eigenvalue weighted by Crippen LogP contribution is 2.37. The molecule has 0 unspecified atom stereocenters. The molecule has 0 saturated carbocycles. The van der Waals surface area contributed by atoms with Gasteiger partial charge in [-0.3, -0.25) is 4.79 Å². The summed E-state index contributed by atoms with van der Waals surface area (Å²) in [7, 11) is 0. The van der Waals surface area contributed by atoms with Crippen LogP contribution in [0.5, 0.6) is 11.5 Å². The number of rotatable bonds is 5. The maximum Gasteiger partial charge on any atom is 0.170 e. The number of phenols is 2. The Morgan fingerprint density at radius 3 is 2.27 bits per heavy atom. The van der Waals surface area contributed by atoms with Crippen LogP contribution in [0.25, 0.3) is 0 Å². The van der Waals surface area contributed by atoms with E-state index in [9.17, 15) is 15.0 Å². The van der Waals surface area contributed by atoms with Crippen molar-refractivity contribution >= 4 is 5.78 Å². The molecule has 0 aliphatic carbocycles. The first-order valence-electron chi connectivity index (χ1n) is 7.48. The minimum absolute atomic E-state index is 0.0283. The van der Waals surface area contributed by atoms with Crippen molar-refractivity contribution in [2.24, 2.45) is 0 Å². The molecule has 0 aliphatic rings. The van der Waals surface area contributed by atoms with E-state index in [1.807, 2.05) is 51.1 Å². The third-order valence-corrected chi connectivity index (χ3v) is 4.23.